The highest BCUT2D eigenvalue weighted by atomic mass is 19.1. The molecule has 1 fully saturated rings. The minimum Gasteiger partial charge on any atom is -0.354 e. The standard InChI is InChI=1S/C25H31FN8O2/c1-25(13-27)14-35-23(36-15-25)22-32-20(17-3-5-18(26)6-4-17)21(33-22)19-7-9-30-24(31-19)29-8-2-11-34-12-10-28-16-34/h3-7,9-10,23H,2,8,11-16,27H2,1H3,(H,32,33)(H,29,30,31). The molecule has 2 aromatic heterocycles. The second kappa shape index (κ2) is 10.8. The third-order valence-corrected chi connectivity index (χ3v) is 6.32. The average Bonchev–Trinajstić information content (AvgIpc) is 3.58. The van der Waals surface area contributed by atoms with E-state index in [4.69, 9.17) is 25.2 Å². The van der Waals surface area contributed by atoms with Crippen molar-refractivity contribution in [1.82, 2.24) is 24.8 Å². The molecule has 0 spiro atoms. The predicted octanol–water partition coefficient (Wildman–Crippen LogP) is 2.83. The van der Waals surface area contributed by atoms with E-state index in [0.717, 1.165) is 38.3 Å². The van der Waals surface area contributed by atoms with Gasteiger partial charge in [0.05, 0.1) is 37.0 Å². The molecule has 3 aromatic rings. The topological polar surface area (TPSA) is 127 Å². The van der Waals surface area contributed by atoms with Crippen molar-refractivity contribution in [3.8, 4) is 22.6 Å². The first-order valence-electron chi connectivity index (χ1n) is 12.1. The number of nitrogens with two attached hydrogens (primary N) is 1. The Morgan fingerprint density at radius 3 is 2.72 bits per heavy atom. The van der Waals surface area contributed by atoms with Gasteiger partial charge in [0.15, 0.2) is 5.82 Å². The Kier molecular flexibility index (Phi) is 7.33. The molecule has 0 amide bonds. The van der Waals surface area contributed by atoms with Crippen molar-refractivity contribution in [3.63, 3.8) is 0 Å². The number of H-pyrrole nitrogens is 1. The zero-order chi connectivity index (χ0) is 25.0. The number of halogens is 1. The molecule has 0 bridgehead atoms. The molecule has 36 heavy (non-hydrogen) atoms. The number of anilines is 1. The quantitative estimate of drug-likeness (QED) is 0.388. The van der Waals surface area contributed by atoms with E-state index in [9.17, 15) is 4.39 Å². The van der Waals surface area contributed by atoms with Crippen LogP contribution in [0.2, 0.25) is 0 Å². The summed E-state index contributed by atoms with van der Waals surface area (Å²) >= 11 is 0. The molecule has 2 aliphatic rings. The van der Waals surface area contributed by atoms with Crippen LogP contribution in [0.1, 0.15) is 25.5 Å². The summed E-state index contributed by atoms with van der Waals surface area (Å²) < 4.78 is 25.5. The van der Waals surface area contributed by atoms with Crippen LogP contribution in [0.5, 0.6) is 0 Å². The van der Waals surface area contributed by atoms with E-state index >= 15 is 0 Å². The number of aromatic nitrogens is 4. The fourth-order valence-electron chi connectivity index (χ4n) is 4.08. The second-order valence-electron chi connectivity index (χ2n) is 9.45. The van der Waals surface area contributed by atoms with Crippen LogP contribution in [-0.2, 0) is 9.47 Å². The fraction of sp³-hybridized carbons (Fsp3) is 0.440. The van der Waals surface area contributed by atoms with E-state index in [1.807, 2.05) is 19.2 Å². The Hall–Kier alpha value is -3.25. The minimum absolute atomic E-state index is 0.235. The van der Waals surface area contributed by atoms with Crippen LogP contribution in [0, 0.1) is 11.2 Å². The molecule has 4 N–H and O–H groups in total. The maximum atomic E-state index is 13.6. The zero-order valence-corrected chi connectivity index (χ0v) is 20.3. The zero-order valence-electron chi connectivity index (χ0n) is 20.3. The van der Waals surface area contributed by atoms with Gasteiger partial charge in [-0.3, -0.25) is 9.89 Å². The highest BCUT2D eigenvalue weighted by Gasteiger charge is 2.34. The van der Waals surface area contributed by atoms with E-state index in [-0.39, 0.29) is 11.2 Å². The number of aliphatic imine (C=N–C) groups is 1. The third kappa shape index (κ3) is 5.59. The van der Waals surface area contributed by atoms with Gasteiger partial charge in [0.2, 0.25) is 12.2 Å². The van der Waals surface area contributed by atoms with Gasteiger partial charge in [-0.05, 0) is 36.8 Å². The predicted molar refractivity (Wildman–Crippen MR) is 135 cm³/mol. The first-order valence-corrected chi connectivity index (χ1v) is 12.1. The van der Waals surface area contributed by atoms with Crippen molar-refractivity contribution < 1.29 is 13.9 Å². The second-order valence-corrected chi connectivity index (χ2v) is 9.45. The molecule has 0 aliphatic carbocycles. The molecular weight excluding hydrogens is 463 g/mol. The lowest BCUT2D eigenvalue weighted by Crippen LogP contribution is -2.42. The summed E-state index contributed by atoms with van der Waals surface area (Å²) in [6.45, 7) is 6.77. The molecule has 0 unspecified atom stereocenters. The van der Waals surface area contributed by atoms with E-state index in [0.29, 0.717) is 48.6 Å². The van der Waals surface area contributed by atoms with E-state index in [1.165, 1.54) is 12.1 Å². The van der Waals surface area contributed by atoms with Crippen molar-refractivity contribution in [2.45, 2.75) is 19.6 Å². The molecule has 190 valence electrons. The summed E-state index contributed by atoms with van der Waals surface area (Å²) in [7, 11) is 0. The van der Waals surface area contributed by atoms with Crippen LogP contribution in [0.4, 0.5) is 10.3 Å². The maximum absolute atomic E-state index is 13.6. The Bertz CT molecular complexity index is 1180. The Balaban J connectivity index is 1.36. The van der Waals surface area contributed by atoms with Gasteiger partial charge in [-0.15, -0.1) is 0 Å². The van der Waals surface area contributed by atoms with Crippen LogP contribution >= 0.6 is 0 Å². The molecule has 4 heterocycles. The lowest BCUT2D eigenvalue weighted by molar-refractivity contribution is -0.231. The monoisotopic (exact) mass is 494 g/mol. The first-order chi connectivity index (χ1) is 17.5. The smallest absolute Gasteiger partial charge is 0.223 e. The molecule has 2 aliphatic heterocycles. The Morgan fingerprint density at radius 1 is 1.19 bits per heavy atom. The molecule has 5 rings (SSSR count). The number of aromatic amines is 1. The maximum Gasteiger partial charge on any atom is 0.223 e. The number of rotatable bonds is 9. The molecule has 1 aromatic carbocycles. The molecule has 0 saturated carbocycles. The van der Waals surface area contributed by atoms with Crippen LogP contribution in [0.15, 0.2) is 41.5 Å². The highest BCUT2D eigenvalue weighted by molar-refractivity contribution is 5.77. The van der Waals surface area contributed by atoms with Crippen molar-refractivity contribution in [2.24, 2.45) is 16.1 Å². The highest BCUT2D eigenvalue weighted by Crippen LogP contribution is 2.35. The van der Waals surface area contributed by atoms with Crippen LogP contribution in [-0.4, -0.2) is 77.1 Å². The molecule has 0 atom stereocenters. The van der Waals surface area contributed by atoms with E-state index < -0.39 is 6.29 Å². The average molecular weight is 495 g/mol. The van der Waals surface area contributed by atoms with E-state index in [1.54, 1.807) is 18.3 Å². The fourth-order valence-corrected chi connectivity index (χ4v) is 4.08. The van der Waals surface area contributed by atoms with Gasteiger partial charge in [0.25, 0.3) is 0 Å². The third-order valence-electron chi connectivity index (χ3n) is 6.32. The summed E-state index contributed by atoms with van der Waals surface area (Å²) in [5, 5.41) is 3.30. The van der Waals surface area contributed by atoms with Crippen LogP contribution < -0.4 is 11.1 Å². The minimum atomic E-state index is -0.661. The van der Waals surface area contributed by atoms with Gasteiger partial charge in [-0.1, -0.05) is 6.92 Å². The number of imidazole rings is 1. The summed E-state index contributed by atoms with van der Waals surface area (Å²) in [5.41, 5.74) is 8.33. The molecule has 0 radical (unpaired) electrons. The summed E-state index contributed by atoms with van der Waals surface area (Å²) in [6.07, 6.45) is 3.93. The number of hydrogen-bond acceptors (Lipinski definition) is 9. The summed E-state index contributed by atoms with van der Waals surface area (Å²) in [4.78, 5) is 23.7. The van der Waals surface area contributed by atoms with Gasteiger partial charge in [0.1, 0.15) is 5.82 Å². The Morgan fingerprint density at radius 2 is 2.00 bits per heavy atom. The van der Waals surface area contributed by atoms with Crippen molar-refractivity contribution in [3.05, 3.63) is 48.2 Å². The van der Waals surface area contributed by atoms with Gasteiger partial charge in [0, 0.05) is 49.6 Å². The lowest BCUT2D eigenvalue weighted by atomic mass is 9.93. The number of ether oxygens (including phenoxy) is 2. The molecule has 10 nitrogen and oxygen atoms in total. The van der Waals surface area contributed by atoms with Crippen LogP contribution in [0.3, 0.4) is 0 Å². The Labute approximate surface area is 209 Å². The summed E-state index contributed by atoms with van der Waals surface area (Å²) in [5.74, 6) is 0.727. The number of benzene rings is 1. The van der Waals surface area contributed by atoms with Crippen molar-refractivity contribution >= 4 is 12.2 Å². The molecule has 1 saturated heterocycles. The van der Waals surface area contributed by atoms with Gasteiger partial charge in [-0.2, -0.15) is 0 Å². The normalized spacial score (nSPS) is 22.2. The largest absolute Gasteiger partial charge is 0.354 e. The van der Waals surface area contributed by atoms with Crippen molar-refractivity contribution in [2.75, 3.05) is 51.4 Å². The number of nitrogens with zero attached hydrogens (tertiary/aromatic N) is 5. The van der Waals surface area contributed by atoms with Gasteiger partial charge in [-0.25, -0.2) is 19.3 Å². The number of nitrogens with one attached hydrogen (secondary N) is 2. The lowest BCUT2D eigenvalue weighted by Gasteiger charge is -2.35. The molecule has 11 heteroatoms. The van der Waals surface area contributed by atoms with Crippen LogP contribution in [0.25, 0.3) is 22.6 Å². The number of hydrogen-bond donors (Lipinski definition) is 3. The van der Waals surface area contributed by atoms with Crippen molar-refractivity contribution in [1.29, 1.82) is 0 Å². The van der Waals surface area contributed by atoms with Gasteiger partial charge >= 0.3 is 0 Å². The van der Waals surface area contributed by atoms with E-state index in [2.05, 4.69) is 25.2 Å². The molecular formula is C25H31FN8O2. The first kappa shape index (κ1) is 24.4. The van der Waals surface area contributed by atoms with Gasteiger partial charge < -0.3 is 25.5 Å². The summed E-state index contributed by atoms with van der Waals surface area (Å²) in [6, 6.07) is 8.01. The SMILES string of the molecule is CC1(CN)COC(c2nc(-c3ccc(F)cc3)c(-c3ccnc(NCCCN4CC=NC4)n3)[nH]2)OC1.